The Morgan fingerprint density at radius 1 is 1.13 bits per heavy atom. The maximum Gasteiger partial charge on any atom is 0.229 e. The molecular formula is C21H21FN6O2S. The van der Waals surface area contributed by atoms with Crippen molar-refractivity contribution in [3.63, 3.8) is 0 Å². The summed E-state index contributed by atoms with van der Waals surface area (Å²) in [4.78, 5) is 10.7. The predicted molar refractivity (Wildman–Crippen MR) is 118 cm³/mol. The topological polar surface area (TPSA) is 104 Å². The van der Waals surface area contributed by atoms with Gasteiger partial charge >= 0.3 is 0 Å². The maximum atomic E-state index is 14.1. The van der Waals surface area contributed by atoms with Crippen molar-refractivity contribution in [1.82, 2.24) is 20.2 Å². The van der Waals surface area contributed by atoms with Crippen molar-refractivity contribution in [2.75, 3.05) is 23.5 Å². The van der Waals surface area contributed by atoms with Crippen LogP contribution in [0, 0.1) is 19.7 Å². The first-order chi connectivity index (χ1) is 14.6. The first-order valence-corrected chi connectivity index (χ1v) is 11.3. The Labute approximate surface area is 179 Å². The Morgan fingerprint density at radius 3 is 2.65 bits per heavy atom. The van der Waals surface area contributed by atoms with Crippen LogP contribution in [-0.2, 0) is 9.84 Å². The number of nitrogens with zero attached hydrogens (tertiary/aromatic N) is 4. The fourth-order valence-electron chi connectivity index (χ4n) is 3.26. The Bertz CT molecular complexity index is 1400. The van der Waals surface area contributed by atoms with Gasteiger partial charge in [-0.25, -0.2) is 17.8 Å². The van der Waals surface area contributed by atoms with Crippen LogP contribution in [0.3, 0.4) is 0 Å². The van der Waals surface area contributed by atoms with E-state index in [1.807, 2.05) is 6.92 Å². The molecule has 2 aromatic carbocycles. The number of hydrogen-bond donors (Lipinski definition) is 2. The summed E-state index contributed by atoms with van der Waals surface area (Å²) in [6.07, 6.45) is 2.74. The van der Waals surface area contributed by atoms with Gasteiger partial charge in [-0.15, -0.1) is 0 Å². The zero-order valence-electron chi connectivity index (χ0n) is 17.4. The van der Waals surface area contributed by atoms with E-state index in [9.17, 15) is 12.8 Å². The summed E-state index contributed by atoms with van der Waals surface area (Å²) in [5.41, 5.74) is 2.61. The third kappa shape index (κ3) is 4.19. The molecule has 0 bridgehead atoms. The average molecular weight is 441 g/mol. The van der Waals surface area contributed by atoms with E-state index in [1.54, 1.807) is 49.3 Å². The molecule has 0 saturated carbocycles. The van der Waals surface area contributed by atoms with Crippen molar-refractivity contribution in [2.45, 2.75) is 18.7 Å². The van der Waals surface area contributed by atoms with Crippen molar-refractivity contribution >= 4 is 44.0 Å². The quantitative estimate of drug-likeness (QED) is 0.483. The zero-order chi connectivity index (χ0) is 22.3. The van der Waals surface area contributed by atoms with E-state index in [1.165, 1.54) is 12.1 Å². The van der Waals surface area contributed by atoms with E-state index in [0.717, 1.165) is 17.3 Å². The van der Waals surface area contributed by atoms with Gasteiger partial charge in [0.15, 0.2) is 15.7 Å². The second kappa shape index (κ2) is 7.62. The lowest BCUT2D eigenvalue weighted by atomic mass is 10.1. The van der Waals surface area contributed by atoms with Gasteiger partial charge in [0.2, 0.25) is 5.95 Å². The number of benzene rings is 2. The average Bonchev–Trinajstić information content (AvgIpc) is 3.09. The molecule has 0 fully saturated rings. The van der Waals surface area contributed by atoms with Crippen LogP contribution < -0.4 is 10.2 Å². The Balaban J connectivity index is 1.67. The lowest BCUT2D eigenvalue weighted by Crippen LogP contribution is -2.13. The summed E-state index contributed by atoms with van der Waals surface area (Å²) in [6, 6.07) is 9.80. The molecule has 2 aromatic heterocycles. The molecule has 2 N–H and O–H groups in total. The number of anilines is 4. The van der Waals surface area contributed by atoms with E-state index < -0.39 is 9.84 Å². The molecule has 0 amide bonds. The highest BCUT2D eigenvalue weighted by molar-refractivity contribution is 7.90. The van der Waals surface area contributed by atoms with Crippen LogP contribution >= 0.6 is 0 Å². The molecule has 0 spiro atoms. The number of aryl methyl sites for hydroxylation is 2. The predicted octanol–water partition coefficient (Wildman–Crippen LogP) is 4.02. The molecule has 4 aromatic rings. The van der Waals surface area contributed by atoms with Crippen LogP contribution in [0.25, 0.3) is 10.9 Å². The van der Waals surface area contributed by atoms with Gasteiger partial charge in [0.25, 0.3) is 0 Å². The molecule has 31 heavy (non-hydrogen) atoms. The maximum absolute atomic E-state index is 14.1. The smallest absolute Gasteiger partial charge is 0.229 e. The molecule has 0 saturated heterocycles. The molecule has 0 unspecified atom stereocenters. The number of hydrogen-bond acceptors (Lipinski definition) is 7. The zero-order valence-corrected chi connectivity index (χ0v) is 18.2. The van der Waals surface area contributed by atoms with E-state index in [0.29, 0.717) is 28.3 Å². The van der Waals surface area contributed by atoms with Gasteiger partial charge in [0.05, 0.1) is 10.4 Å². The van der Waals surface area contributed by atoms with E-state index in [2.05, 4.69) is 25.5 Å². The summed E-state index contributed by atoms with van der Waals surface area (Å²) >= 11 is 0. The van der Waals surface area contributed by atoms with Crippen LogP contribution in [0.4, 0.5) is 27.7 Å². The molecule has 2 heterocycles. The SMILES string of the molecule is Cc1cc(Nc2nccc(N(C)c3n[nH]c4cc(C)c(F)cc34)n2)cc(S(C)(=O)=O)c1. The standard InChI is InChI=1S/C21H21FN6O2S/c1-12-7-14(10-15(8-12)31(4,29)30)24-21-23-6-5-19(25-21)28(3)20-16-11-17(22)13(2)9-18(16)26-27-20/h5-11H,1-4H3,(H,26,27)(H,23,24,25). The highest BCUT2D eigenvalue weighted by Crippen LogP contribution is 2.30. The molecule has 4 rings (SSSR count). The fraction of sp³-hybridized carbons (Fsp3) is 0.190. The summed E-state index contributed by atoms with van der Waals surface area (Å²) < 4.78 is 37.9. The molecule has 0 radical (unpaired) electrons. The number of sulfone groups is 1. The van der Waals surface area contributed by atoms with Crippen LogP contribution in [0.5, 0.6) is 0 Å². The first-order valence-electron chi connectivity index (χ1n) is 9.41. The van der Waals surface area contributed by atoms with Crippen molar-refractivity contribution in [3.8, 4) is 0 Å². The second-order valence-electron chi connectivity index (χ2n) is 7.42. The summed E-state index contributed by atoms with van der Waals surface area (Å²) in [5, 5.41) is 10.9. The largest absolute Gasteiger partial charge is 0.324 e. The van der Waals surface area contributed by atoms with Crippen molar-refractivity contribution < 1.29 is 12.8 Å². The monoisotopic (exact) mass is 440 g/mol. The summed E-state index contributed by atoms with van der Waals surface area (Å²) in [6.45, 7) is 3.51. The highest BCUT2D eigenvalue weighted by Gasteiger charge is 2.16. The van der Waals surface area contributed by atoms with Crippen molar-refractivity contribution in [2.24, 2.45) is 0 Å². The van der Waals surface area contributed by atoms with Crippen LogP contribution in [-0.4, -0.2) is 41.9 Å². The minimum absolute atomic E-state index is 0.212. The number of aromatic amines is 1. The third-order valence-corrected chi connectivity index (χ3v) is 5.95. The first kappa shape index (κ1) is 20.7. The van der Waals surface area contributed by atoms with E-state index >= 15 is 0 Å². The van der Waals surface area contributed by atoms with Gasteiger partial charge in [-0.2, -0.15) is 10.1 Å². The van der Waals surface area contributed by atoms with Crippen LogP contribution in [0.2, 0.25) is 0 Å². The molecule has 8 nitrogen and oxygen atoms in total. The lowest BCUT2D eigenvalue weighted by molar-refractivity contribution is 0.602. The van der Waals surface area contributed by atoms with Gasteiger partial charge in [-0.3, -0.25) is 5.10 Å². The number of fused-ring (bicyclic) bond motifs is 1. The van der Waals surface area contributed by atoms with E-state index in [-0.39, 0.29) is 16.7 Å². The molecule has 0 aliphatic heterocycles. The Hall–Kier alpha value is -3.53. The molecule has 160 valence electrons. The Morgan fingerprint density at radius 2 is 1.90 bits per heavy atom. The normalized spacial score (nSPS) is 11.6. The van der Waals surface area contributed by atoms with Gasteiger partial charge in [0, 0.05) is 30.6 Å². The van der Waals surface area contributed by atoms with Crippen LogP contribution in [0.1, 0.15) is 11.1 Å². The minimum Gasteiger partial charge on any atom is -0.324 e. The molecule has 0 aliphatic rings. The lowest BCUT2D eigenvalue weighted by Gasteiger charge is -2.17. The fourth-order valence-corrected chi connectivity index (χ4v) is 4.00. The molecule has 0 aliphatic carbocycles. The summed E-state index contributed by atoms with van der Waals surface area (Å²) in [5.74, 6) is 1.03. The number of nitrogens with one attached hydrogen (secondary N) is 2. The molecule has 10 heteroatoms. The van der Waals surface area contributed by atoms with Gasteiger partial charge in [-0.05, 0) is 61.4 Å². The highest BCUT2D eigenvalue weighted by atomic mass is 32.2. The molecule has 0 atom stereocenters. The third-order valence-electron chi connectivity index (χ3n) is 4.86. The summed E-state index contributed by atoms with van der Waals surface area (Å²) in [7, 11) is -1.58. The Kier molecular flexibility index (Phi) is 5.10. The van der Waals surface area contributed by atoms with Crippen LogP contribution in [0.15, 0.2) is 47.5 Å². The van der Waals surface area contributed by atoms with Gasteiger partial charge < -0.3 is 10.2 Å². The number of aromatic nitrogens is 4. The van der Waals surface area contributed by atoms with Gasteiger partial charge in [0.1, 0.15) is 11.6 Å². The van der Waals surface area contributed by atoms with Gasteiger partial charge in [-0.1, -0.05) is 0 Å². The van der Waals surface area contributed by atoms with Crippen molar-refractivity contribution in [1.29, 1.82) is 0 Å². The number of H-pyrrole nitrogens is 1. The minimum atomic E-state index is -3.35. The second-order valence-corrected chi connectivity index (χ2v) is 9.44. The van der Waals surface area contributed by atoms with Crippen molar-refractivity contribution in [3.05, 3.63) is 59.5 Å². The number of rotatable bonds is 5. The molecular weight excluding hydrogens is 419 g/mol. The van der Waals surface area contributed by atoms with E-state index in [4.69, 9.17) is 0 Å². The number of halogens is 1.